The average Bonchev–Trinajstić information content (AvgIpc) is 2.97. The number of hydrogen-bond acceptors (Lipinski definition) is 5. The van der Waals surface area contributed by atoms with Crippen LogP contribution < -0.4 is 9.54 Å². The Morgan fingerprint density at radius 2 is 2.00 bits per heavy atom. The Balaban J connectivity index is 1.99. The van der Waals surface area contributed by atoms with Crippen molar-refractivity contribution in [2.45, 2.75) is 13.0 Å². The summed E-state index contributed by atoms with van der Waals surface area (Å²) in [7, 11) is 2.89. The molecule has 6 nitrogen and oxygen atoms in total. The number of fused-ring (bicyclic) bond motifs is 1. The van der Waals surface area contributed by atoms with Crippen LogP contribution in [-0.2, 0) is 27.3 Å². The second-order valence-corrected chi connectivity index (χ2v) is 7.14. The highest BCUT2D eigenvalue weighted by atomic mass is 35.5. The van der Waals surface area contributed by atoms with E-state index in [-0.39, 0.29) is 18.9 Å². The lowest BCUT2D eigenvalue weighted by Gasteiger charge is -2.04. The van der Waals surface area contributed by atoms with Crippen LogP contribution in [0.3, 0.4) is 0 Å². The van der Waals surface area contributed by atoms with E-state index in [4.69, 9.17) is 21.1 Å². The summed E-state index contributed by atoms with van der Waals surface area (Å²) in [6, 6.07) is 12.6. The molecule has 0 aliphatic heterocycles. The number of thiazole rings is 1. The first kappa shape index (κ1) is 19.1. The molecule has 0 spiro atoms. The molecular formula is C19H17ClN2O4S. The minimum absolute atomic E-state index is 0.0383. The predicted molar refractivity (Wildman–Crippen MR) is 104 cm³/mol. The fraction of sp³-hybridized carbons (Fsp3) is 0.211. The van der Waals surface area contributed by atoms with Crippen molar-refractivity contribution in [3.8, 4) is 5.75 Å². The third-order valence-corrected chi connectivity index (χ3v) is 5.15. The van der Waals surface area contributed by atoms with Crippen LogP contribution in [0.25, 0.3) is 10.2 Å². The zero-order chi connectivity index (χ0) is 19.4. The SMILES string of the molecule is COC(=O)Cn1c(=NC(=O)Cc2cccc(OC)c2)sc2cc(Cl)ccc21. The van der Waals surface area contributed by atoms with Gasteiger partial charge in [-0.25, -0.2) is 0 Å². The first-order chi connectivity index (χ1) is 13.0. The van der Waals surface area contributed by atoms with Gasteiger partial charge in [-0.3, -0.25) is 9.59 Å². The molecule has 27 heavy (non-hydrogen) atoms. The van der Waals surface area contributed by atoms with E-state index in [9.17, 15) is 9.59 Å². The van der Waals surface area contributed by atoms with Gasteiger partial charge in [-0.15, -0.1) is 0 Å². The number of halogens is 1. The van der Waals surface area contributed by atoms with Gasteiger partial charge in [-0.05, 0) is 35.9 Å². The van der Waals surface area contributed by atoms with E-state index >= 15 is 0 Å². The number of esters is 1. The lowest BCUT2D eigenvalue weighted by atomic mass is 10.1. The van der Waals surface area contributed by atoms with Crippen molar-refractivity contribution in [1.29, 1.82) is 0 Å². The summed E-state index contributed by atoms with van der Waals surface area (Å²) in [5.74, 6) is -0.0663. The molecule has 3 rings (SSSR count). The fourth-order valence-electron chi connectivity index (χ4n) is 2.58. The summed E-state index contributed by atoms with van der Waals surface area (Å²) < 4.78 is 12.4. The van der Waals surface area contributed by atoms with Gasteiger partial charge < -0.3 is 14.0 Å². The molecule has 0 aliphatic rings. The van der Waals surface area contributed by atoms with Gasteiger partial charge in [0.2, 0.25) is 0 Å². The zero-order valence-electron chi connectivity index (χ0n) is 14.8. The molecule has 0 saturated heterocycles. The molecule has 0 unspecified atom stereocenters. The molecule has 2 aromatic carbocycles. The maximum Gasteiger partial charge on any atom is 0.325 e. The Labute approximate surface area is 164 Å². The molecule has 1 amide bonds. The van der Waals surface area contributed by atoms with E-state index in [0.717, 1.165) is 15.8 Å². The number of nitrogens with zero attached hydrogens (tertiary/aromatic N) is 2. The number of amides is 1. The summed E-state index contributed by atoms with van der Waals surface area (Å²) in [5, 5.41) is 0.572. The van der Waals surface area contributed by atoms with E-state index in [0.29, 0.717) is 15.6 Å². The van der Waals surface area contributed by atoms with Gasteiger partial charge in [-0.2, -0.15) is 4.99 Å². The fourth-order valence-corrected chi connectivity index (χ4v) is 3.90. The van der Waals surface area contributed by atoms with Crippen LogP contribution in [-0.4, -0.2) is 30.7 Å². The Morgan fingerprint density at radius 1 is 1.19 bits per heavy atom. The summed E-state index contributed by atoms with van der Waals surface area (Å²) >= 11 is 7.35. The molecule has 1 heterocycles. The molecule has 0 saturated carbocycles. The van der Waals surface area contributed by atoms with Gasteiger partial charge in [0.15, 0.2) is 4.80 Å². The Hall–Kier alpha value is -2.64. The number of carbonyl (C=O) groups is 2. The molecule has 0 atom stereocenters. The molecular weight excluding hydrogens is 388 g/mol. The Morgan fingerprint density at radius 3 is 2.74 bits per heavy atom. The standard InChI is InChI=1S/C19H17ClN2O4S/c1-25-14-5-3-4-12(8-14)9-17(23)21-19-22(11-18(24)26-2)15-7-6-13(20)10-16(15)27-19/h3-8,10H,9,11H2,1-2H3. The summed E-state index contributed by atoms with van der Waals surface area (Å²) in [5.41, 5.74) is 1.56. The summed E-state index contributed by atoms with van der Waals surface area (Å²) in [6.07, 6.45) is 0.129. The Kier molecular flexibility index (Phi) is 5.93. The summed E-state index contributed by atoms with van der Waals surface area (Å²) in [4.78, 5) is 28.9. The predicted octanol–water partition coefficient (Wildman–Crippen LogP) is 3.21. The first-order valence-corrected chi connectivity index (χ1v) is 9.26. The van der Waals surface area contributed by atoms with Crippen molar-refractivity contribution in [1.82, 2.24) is 4.57 Å². The molecule has 0 fully saturated rings. The van der Waals surface area contributed by atoms with Crippen LogP contribution in [0.5, 0.6) is 5.75 Å². The molecule has 1 aromatic heterocycles. The van der Waals surface area contributed by atoms with Crippen molar-refractivity contribution in [2.75, 3.05) is 14.2 Å². The van der Waals surface area contributed by atoms with Crippen LogP contribution in [0.4, 0.5) is 0 Å². The summed E-state index contributed by atoms with van der Waals surface area (Å²) in [6.45, 7) is -0.0383. The Bertz CT molecular complexity index is 1070. The number of hydrogen-bond donors (Lipinski definition) is 0. The minimum Gasteiger partial charge on any atom is -0.497 e. The normalized spacial score (nSPS) is 11.6. The zero-order valence-corrected chi connectivity index (χ0v) is 16.3. The highest BCUT2D eigenvalue weighted by Crippen LogP contribution is 2.22. The molecule has 0 bridgehead atoms. The van der Waals surface area contributed by atoms with E-state index in [1.165, 1.54) is 18.4 Å². The number of benzene rings is 2. The van der Waals surface area contributed by atoms with Crippen LogP contribution in [0.15, 0.2) is 47.5 Å². The minimum atomic E-state index is -0.425. The monoisotopic (exact) mass is 404 g/mol. The largest absolute Gasteiger partial charge is 0.497 e. The topological polar surface area (TPSA) is 69.9 Å². The van der Waals surface area contributed by atoms with E-state index in [2.05, 4.69) is 4.99 Å². The van der Waals surface area contributed by atoms with Crippen LogP contribution in [0.1, 0.15) is 5.56 Å². The van der Waals surface area contributed by atoms with Crippen molar-refractivity contribution in [2.24, 2.45) is 4.99 Å². The quantitative estimate of drug-likeness (QED) is 0.612. The third kappa shape index (κ3) is 4.56. The highest BCUT2D eigenvalue weighted by molar-refractivity contribution is 7.16. The van der Waals surface area contributed by atoms with Crippen molar-refractivity contribution < 1.29 is 19.1 Å². The van der Waals surface area contributed by atoms with E-state index in [1.54, 1.807) is 35.9 Å². The number of rotatable bonds is 5. The highest BCUT2D eigenvalue weighted by Gasteiger charge is 2.12. The molecule has 3 aromatic rings. The first-order valence-electron chi connectivity index (χ1n) is 8.06. The average molecular weight is 405 g/mol. The van der Waals surface area contributed by atoms with Crippen molar-refractivity contribution in [3.05, 3.63) is 57.9 Å². The third-order valence-electron chi connectivity index (χ3n) is 3.87. The number of aromatic nitrogens is 1. The second-order valence-electron chi connectivity index (χ2n) is 5.69. The van der Waals surface area contributed by atoms with Gasteiger partial charge in [0.05, 0.1) is 30.9 Å². The van der Waals surface area contributed by atoms with Gasteiger partial charge >= 0.3 is 5.97 Å². The molecule has 140 valence electrons. The van der Waals surface area contributed by atoms with E-state index in [1.807, 2.05) is 18.2 Å². The van der Waals surface area contributed by atoms with Crippen LogP contribution in [0, 0.1) is 0 Å². The van der Waals surface area contributed by atoms with Gasteiger partial charge in [0, 0.05) is 5.02 Å². The maximum atomic E-state index is 12.5. The smallest absolute Gasteiger partial charge is 0.325 e. The lowest BCUT2D eigenvalue weighted by Crippen LogP contribution is -2.22. The van der Waals surface area contributed by atoms with E-state index < -0.39 is 5.97 Å². The maximum absolute atomic E-state index is 12.5. The molecule has 0 aliphatic carbocycles. The molecule has 0 N–H and O–H groups in total. The lowest BCUT2D eigenvalue weighted by molar-refractivity contribution is -0.141. The second kappa shape index (κ2) is 8.37. The van der Waals surface area contributed by atoms with Crippen LogP contribution in [0.2, 0.25) is 5.02 Å². The number of methoxy groups -OCH3 is 2. The van der Waals surface area contributed by atoms with Gasteiger partial charge in [-0.1, -0.05) is 35.1 Å². The number of ether oxygens (including phenoxy) is 2. The molecule has 0 radical (unpaired) electrons. The number of carbonyl (C=O) groups excluding carboxylic acids is 2. The van der Waals surface area contributed by atoms with Crippen molar-refractivity contribution in [3.63, 3.8) is 0 Å². The molecule has 8 heteroatoms. The van der Waals surface area contributed by atoms with Crippen LogP contribution >= 0.6 is 22.9 Å². The van der Waals surface area contributed by atoms with Gasteiger partial charge in [0.25, 0.3) is 5.91 Å². The van der Waals surface area contributed by atoms with Crippen molar-refractivity contribution >= 4 is 45.0 Å². The van der Waals surface area contributed by atoms with Gasteiger partial charge in [0.1, 0.15) is 12.3 Å².